The molecule has 32 heavy (non-hydrogen) atoms. The van der Waals surface area contributed by atoms with Crippen LogP contribution in [-0.2, 0) is 21.4 Å². The highest BCUT2D eigenvalue weighted by molar-refractivity contribution is 7.89. The number of hydrogen-bond acceptors (Lipinski definition) is 6. The maximum Gasteiger partial charge on any atom is 0.219 e. The third-order valence-electron chi connectivity index (χ3n) is 5.99. The van der Waals surface area contributed by atoms with E-state index in [1.165, 1.54) is 17.1 Å². The summed E-state index contributed by atoms with van der Waals surface area (Å²) in [5.41, 5.74) is 6.49. The Kier molecular flexibility index (Phi) is 10.7. The lowest BCUT2D eigenvalue weighted by Crippen LogP contribution is -2.55. The van der Waals surface area contributed by atoms with Crippen LogP contribution in [0.5, 0.6) is 11.5 Å². The van der Waals surface area contributed by atoms with Crippen molar-refractivity contribution >= 4 is 15.9 Å². The number of rotatable bonds is 14. The molecule has 2 N–H and O–H groups in total. The monoisotopic (exact) mass is 469 g/mol. The summed E-state index contributed by atoms with van der Waals surface area (Å²) in [6, 6.07) is 5.44. The number of nitrogens with two attached hydrogens (primary N) is 1. The molecule has 8 nitrogen and oxygen atoms in total. The number of benzene rings is 1. The van der Waals surface area contributed by atoms with Crippen LogP contribution < -0.4 is 15.2 Å². The first-order chi connectivity index (χ1) is 15.3. The van der Waals surface area contributed by atoms with Crippen LogP contribution in [0.4, 0.5) is 0 Å². The van der Waals surface area contributed by atoms with Gasteiger partial charge in [0.05, 0.1) is 20.0 Å². The van der Waals surface area contributed by atoms with Crippen molar-refractivity contribution in [2.75, 3.05) is 39.6 Å². The lowest BCUT2D eigenvalue weighted by Gasteiger charge is -2.40. The van der Waals surface area contributed by atoms with Gasteiger partial charge in [0.15, 0.2) is 11.5 Å². The highest BCUT2D eigenvalue weighted by Gasteiger charge is 2.33. The first kappa shape index (κ1) is 26.4. The van der Waals surface area contributed by atoms with E-state index in [0.717, 1.165) is 24.8 Å². The van der Waals surface area contributed by atoms with Crippen molar-refractivity contribution in [3.05, 3.63) is 23.8 Å². The van der Waals surface area contributed by atoms with E-state index in [9.17, 15) is 13.2 Å². The van der Waals surface area contributed by atoms with Crippen LogP contribution in [0.15, 0.2) is 18.2 Å². The summed E-state index contributed by atoms with van der Waals surface area (Å²) in [7, 11) is -0.166. The van der Waals surface area contributed by atoms with Crippen LogP contribution in [-0.4, -0.2) is 69.2 Å². The highest BCUT2D eigenvalue weighted by Crippen LogP contribution is 2.29. The zero-order chi connectivity index (χ0) is 23.6. The van der Waals surface area contributed by atoms with E-state index in [2.05, 4.69) is 11.8 Å². The quantitative estimate of drug-likeness (QED) is 0.420. The molecule has 1 saturated heterocycles. The number of carbonyl (C=O) groups is 1. The molecular formula is C23H39N3O5S. The van der Waals surface area contributed by atoms with Crippen LogP contribution in [0.25, 0.3) is 0 Å². The smallest absolute Gasteiger partial charge is 0.219 e. The number of ether oxygens (including phenoxy) is 2. The summed E-state index contributed by atoms with van der Waals surface area (Å²) in [5.74, 6) is 1.02. The average Bonchev–Trinajstić information content (AvgIpc) is 2.76. The van der Waals surface area contributed by atoms with E-state index in [1.54, 1.807) is 14.2 Å². The molecule has 1 fully saturated rings. The van der Waals surface area contributed by atoms with Gasteiger partial charge in [0.2, 0.25) is 15.9 Å². The maximum atomic E-state index is 12.9. The number of hydrogen-bond donors (Lipinski definition) is 1. The summed E-state index contributed by atoms with van der Waals surface area (Å²) >= 11 is 0. The molecule has 182 valence electrons. The Hall–Kier alpha value is -1.84. The Balaban J connectivity index is 2.01. The minimum absolute atomic E-state index is 0.121. The summed E-state index contributed by atoms with van der Waals surface area (Å²) < 4.78 is 38.0. The molecule has 1 atom stereocenters. The molecule has 0 aliphatic carbocycles. The van der Waals surface area contributed by atoms with Gasteiger partial charge in [-0.25, -0.2) is 8.42 Å². The number of carbonyl (C=O) groups excluding carboxylic acids is 1. The second-order valence-electron chi connectivity index (χ2n) is 8.43. The number of sulfonamides is 1. The van der Waals surface area contributed by atoms with E-state index in [4.69, 9.17) is 15.2 Å². The second kappa shape index (κ2) is 13.0. The largest absolute Gasteiger partial charge is 0.493 e. The van der Waals surface area contributed by atoms with Crippen molar-refractivity contribution < 1.29 is 22.7 Å². The van der Waals surface area contributed by atoms with E-state index in [-0.39, 0.29) is 24.8 Å². The van der Waals surface area contributed by atoms with Gasteiger partial charge < -0.3 is 15.2 Å². The molecule has 9 heteroatoms. The molecular weight excluding hydrogens is 430 g/mol. The molecule has 0 bridgehead atoms. The van der Waals surface area contributed by atoms with Gasteiger partial charge in [-0.3, -0.25) is 9.69 Å². The van der Waals surface area contributed by atoms with Crippen molar-refractivity contribution in [1.29, 1.82) is 0 Å². The zero-order valence-electron chi connectivity index (χ0n) is 19.7. The Morgan fingerprint density at radius 2 is 1.75 bits per heavy atom. The molecule has 0 saturated carbocycles. The molecule has 1 heterocycles. The van der Waals surface area contributed by atoms with Gasteiger partial charge in [-0.2, -0.15) is 4.31 Å². The van der Waals surface area contributed by atoms with Crippen LogP contribution in [0.1, 0.15) is 57.4 Å². The lowest BCUT2D eigenvalue weighted by atomic mass is 10.1. The topological polar surface area (TPSA) is 102 Å². The Morgan fingerprint density at radius 3 is 2.41 bits per heavy atom. The maximum absolute atomic E-state index is 12.9. The van der Waals surface area contributed by atoms with Gasteiger partial charge in [0.1, 0.15) is 0 Å². The molecule has 1 aromatic rings. The SMILES string of the molecule is CCCCCCCCS(=O)(=O)N1CCN(Cc2ccc(OC)c(OC)c2)C(CC(N)=O)C1. The van der Waals surface area contributed by atoms with Crippen molar-refractivity contribution in [2.45, 2.75) is 64.5 Å². The fraction of sp³-hybridized carbons (Fsp3) is 0.696. The minimum atomic E-state index is -3.34. The Morgan fingerprint density at radius 1 is 1.06 bits per heavy atom. The third-order valence-corrected chi connectivity index (χ3v) is 7.91. The average molecular weight is 470 g/mol. The van der Waals surface area contributed by atoms with Gasteiger partial charge in [0, 0.05) is 38.6 Å². The standard InChI is InChI=1S/C23H39N3O5S/c1-4-5-6-7-8-9-14-32(28,29)26-13-12-25(20(18-26)16-23(24)27)17-19-10-11-21(30-2)22(15-19)31-3/h10-11,15,20H,4-9,12-14,16-18H2,1-3H3,(H2,24,27). The van der Waals surface area contributed by atoms with Crippen LogP contribution in [0.3, 0.4) is 0 Å². The molecule has 2 rings (SSSR count). The number of primary amides is 1. The summed E-state index contributed by atoms with van der Waals surface area (Å²) in [5, 5.41) is 0. The van der Waals surface area contributed by atoms with Gasteiger partial charge in [0.25, 0.3) is 0 Å². The summed E-state index contributed by atoms with van der Waals surface area (Å²) in [4.78, 5) is 13.8. The van der Waals surface area contributed by atoms with Gasteiger partial charge in [-0.1, -0.05) is 45.1 Å². The molecule has 1 unspecified atom stereocenters. The Labute approximate surface area is 193 Å². The minimum Gasteiger partial charge on any atom is -0.493 e. The molecule has 1 aliphatic heterocycles. The highest BCUT2D eigenvalue weighted by atomic mass is 32.2. The Bertz CT molecular complexity index is 831. The molecule has 1 aliphatic rings. The molecule has 1 amide bonds. The predicted octanol–water partition coefficient (Wildman–Crippen LogP) is 2.76. The van der Waals surface area contributed by atoms with E-state index < -0.39 is 15.9 Å². The number of unbranched alkanes of at least 4 members (excludes halogenated alkanes) is 5. The van der Waals surface area contributed by atoms with Crippen molar-refractivity contribution in [3.8, 4) is 11.5 Å². The molecule has 0 radical (unpaired) electrons. The lowest BCUT2D eigenvalue weighted by molar-refractivity contribution is -0.119. The van der Waals surface area contributed by atoms with E-state index >= 15 is 0 Å². The number of amides is 1. The molecule has 0 spiro atoms. The van der Waals surface area contributed by atoms with Gasteiger partial charge in [-0.05, 0) is 24.1 Å². The second-order valence-corrected chi connectivity index (χ2v) is 10.5. The summed E-state index contributed by atoms with van der Waals surface area (Å²) in [6.45, 7) is 3.98. The van der Waals surface area contributed by atoms with Crippen LogP contribution >= 0.6 is 0 Å². The van der Waals surface area contributed by atoms with Gasteiger partial charge >= 0.3 is 0 Å². The first-order valence-corrected chi connectivity index (χ1v) is 13.1. The number of piperazine rings is 1. The molecule has 0 aromatic heterocycles. The number of nitrogens with zero attached hydrogens (tertiary/aromatic N) is 2. The van der Waals surface area contributed by atoms with Crippen molar-refractivity contribution in [1.82, 2.24) is 9.21 Å². The van der Waals surface area contributed by atoms with Crippen LogP contribution in [0, 0.1) is 0 Å². The third kappa shape index (κ3) is 7.94. The van der Waals surface area contributed by atoms with Crippen molar-refractivity contribution in [2.24, 2.45) is 5.73 Å². The van der Waals surface area contributed by atoms with E-state index in [0.29, 0.717) is 37.6 Å². The first-order valence-electron chi connectivity index (χ1n) is 11.5. The summed E-state index contributed by atoms with van der Waals surface area (Å²) in [6.07, 6.45) is 6.34. The number of methoxy groups -OCH3 is 2. The normalized spacial score (nSPS) is 17.9. The van der Waals surface area contributed by atoms with Crippen molar-refractivity contribution in [3.63, 3.8) is 0 Å². The van der Waals surface area contributed by atoms with Crippen LogP contribution in [0.2, 0.25) is 0 Å². The van der Waals surface area contributed by atoms with E-state index in [1.807, 2.05) is 18.2 Å². The zero-order valence-corrected chi connectivity index (χ0v) is 20.5. The fourth-order valence-electron chi connectivity index (χ4n) is 4.16. The predicted molar refractivity (Wildman–Crippen MR) is 126 cm³/mol. The fourth-order valence-corrected chi connectivity index (χ4v) is 5.74. The molecule has 1 aromatic carbocycles. The van der Waals surface area contributed by atoms with Gasteiger partial charge in [-0.15, -0.1) is 0 Å².